The molecule has 0 aliphatic carbocycles. The molecule has 0 radical (unpaired) electrons. The molecule has 1 heterocycles. The Bertz CT molecular complexity index is 162. The van der Waals surface area contributed by atoms with E-state index in [-0.39, 0.29) is 5.92 Å². The lowest BCUT2D eigenvalue weighted by molar-refractivity contribution is -0.184. The fourth-order valence-electron chi connectivity index (χ4n) is 1.82. The summed E-state index contributed by atoms with van der Waals surface area (Å²) in [7, 11) is 0. The van der Waals surface area contributed by atoms with Gasteiger partial charge in [-0.15, -0.1) is 0 Å². The van der Waals surface area contributed by atoms with Gasteiger partial charge in [0.15, 0.2) is 5.79 Å². The molecule has 0 aromatic heterocycles. The van der Waals surface area contributed by atoms with E-state index in [0.717, 1.165) is 19.1 Å². The molecular weight excluding hydrogens is 168 g/mol. The smallest absolute Gasteiger partial charge is 0.168 e. The van der Waals surface area contributed by atoms with Crippen LogP contribution in [0.15, 0.2) is 0 Å². The predicted molar refractivity (Wildman–Crippen MR) is 49.4 cm³/mol. The third kappa shape index (κ3) is 2.51. The molecule has 1 unspecified atom stereocenters. The number of aldehydes is 1. The summed E-state index contributed by atoms with van der Waals surface area (Å²) in [4.78, 5) is 10.5. The molecule has 0 aromatic carbocycles. The number of hydrogen-bond acceptors (Lipinski definition) is 3. The van der Waals surface area contributed by atoms with Crippen molar-refractivity contribution in [3.05, 3.63) is 0 Å². The van der Waals surface area contributed by atoms with E-state index in [9.17, 15) is 4.79 Å². The Labute approximate surface area is 79.4 Å². The van der Waals surface area contributed by atoms with Gasteiger partial charge >= 0.3 is 0 Å². The summed E-state index contributed by atoms with van der Waals surface area (Å²) < 4.78 is 11.1. The molecule has 0 amide bonds. The first-order valence-corrected chi connectivity index (χ1v) is 4.94. The highest BCUT2D eigenvalue weighted by Crippen LogP contribution is 2.32. The fourth-order valence-corrected chi connectivity index (χ4v) is 1.82. The van der Waals surface area contributed by atoms with Crippen LogP contribution in [-0.4, -0.2) is 25.3 Å². The Morgan fingerprint density at radius 2 is 2.08 bits per heavy atom. The van der Waals surface area contributed by atoms with Gasteiger partial charge in [-0.3, -0.25) is 0 Å². The fraction of sp³-hybridized carbons (Fsp3) is 0.900. The highest BCUT2D eigenvalue weighted by Gasteiger charge is 2.38. The third-order valence-corrected chi connectivity index (χ3v) is 2.62. The lowest BCUT2D eigenvalue weighted by atomic mass is 9.92. The second-order valence-electron chi connectivity index (χ2n) is 3.60. The van der Waals surface area contributed by atoms with Gasteiger partial charge in [-0.05, 0) is 13.3 Å². The van der Waals surface area contributed by atoms with Crippen molar-refractivity contribution in [3.8, 4) is 0 Å². The maximum Gasteiger partial charge on any atom is 0.168 e. The van der Waals surface area contributed by atoms with Crippen LogP contribution in [0.1, 0.15) is 33.1 Å². The maximum absolute atomic E-state index is 10.5. The summed E-state index contributed by atoms with van der Waals surface area (Å²) in [5.74, 6) is -0.311. The van der Waals surface area contributed by atoms with E-state index in [4.69, 9.17) is 9.47 Å². The summed E-state index contributed by atoms with van der Waals surface area (Å²) in [5, 5.41) is 0. The first-order valence-electron chi connectivity index (χ1n) is 4.94. The summed E-state index contributed by atoms with van der Waals surface area (Å²) >= 11 is 0. The summed E-state index contributed by atoms with van der Waals surface area (Å²) in [6, 6.07) is 0. The van der Waals surface area contributed by atoms with Crippen molar-refractivity contribution in [1.29, 1.82) is 0 Å². The minimum Gasteiger partial charge on any atom is -0.348 e. The first kappa shape index (κ1) is 10.7. The standard InChI is InChI=1S/C10H18O3/c1-3-4-9(5-6-11)10(2)12-7-8-13-10/h6,9H,3-5,7-8H2,1-2H3. The van der Waals surface area contributed by atoms with Gasteiger partial charge in [0.1, 0.15) is 6.29 Å². The third-order valence-electron chi connectivity index (χ3n) is 2.62. The quantitative estimate of drug-likeness (QED) is 0.614. The minimum absolute atomic E-state index is 0.206. The molecule has 0 spiro atoms. The topological polar surface area (TPSA) is 35.5 Å². The minimum atomic E-state index is -0.517. The number of hydrogen-bond donors (Lipinski definition) is 0. The Morgan fingerprint density at radius 3 is 2.54 bits per heavy atom. The molecule has 0 saturated carbocycles. The van der Waals surface area contributed by atoms with E-state index in [1.165, 1.54) is 0 Å². The largest absolute Gasteiger partial charge is 0.348 e. The van der Waals surface area contributed by atoms with Crippen LogP contribution in [0.3, 0.4) is 0 Å². The Hall–Kier alpha value is -0.410. The summed E-state index contributed by atoms with van der Waals surface area (Å²) in [6.45, 7) is 5.34. The van der Waals surface area contributed by atoms with Crippen LogP contribution in [0.4, 0.5) is 0 Å². The zero-order valence-corrected chi connectivity index (χ0v) is 8.41. The van der Waals surface area contributed by atoms with Gasteiger partial charge in [0.2, 0.25) is 0 Å². The van der Waals surface area contributed by atoms with Crippen molar-refractivity contribution >= 4 is 6.29 Å². The molecule has 1 aliphatic heterocycles. The van der Waals surface area contributed by atoms with Crippen molar-refractivity contribution in [2.75, 3.05) is 13.2 Å². The van der Waals surface area contributed by atoms with Crippen LogP contribution in [0.5, 0.6) is 0 Å². The van der Waals surface area contributed by atoms with Gasteiger partial charge < -0.3 is 14.3 Å². The predicted octanol–water partition coefficient (Wildman–Crippen LogP) is 1.75. The Balaban J connectivity index is 2.55. The van der Waals surface area contributed by atoms with Crippen LogP contribution >= 0.6 is 0 Å². The highest BCUT2D eigenvalue weighted by atomic mass is 16.7. The van der Waals surface area contributed by atoms with Crippen LogP contribution in [0.2, 0.25) is 0 Å². The molecule has 1 fully saturated rings. The van der Waals surface area contributed by atoms with Crippen LogP contribution in [0.25, 0.3) is 0 Å². The van der Waals surface area contributed by atoms with E-state index in [1.54, 1.807) is 0 Å². The monoisotopic (exact) mass is 186 g/mol. The molecule has 13 heavy (non-hydrogen) atoms. The molecule has 0 N–H and O–H groups in total. The average molecular weight is 186 g/mol. The molecule has 0 bridgehead atoms. The highest BCUT2D eigenvalue weighted by molar-refractivity contribution is 5.50. The molecule has 1 rings (SSSR count). The molecule has 1 atom stereocenters. The van der Waals surface area contributed by atoms with E-state index >= 15 is 0 Å². The molecule has 0 aromatic rings. The Morgan fingerprint density at radius 1 is 1.46 bits per heavy atom. The van der Waals surface area contributed by atoms with Gasteiger partial charge in [0, 0.05) is 12.3 Å². The number of rotatable bonds is 5. The van der Waals surface area contributed by atoms with Crippen molar-refractivity contribution in [1.82, 2.24) is 0 Å². The van der Waals surface area contributed by atoms with E-state index < -0.39 is 5.79 Å². The molecule has 76 valence electrons. The zero-order valence-electron chi connectivity index (χ0n) is 8.41. The lowest BCUT2D eigenvalue weighted by Crippen LogP contribution is -2.36. The number of carbonyl (C=O) groups excluding carboxylic acids is 1. The van der Waals surface area contributed by atoms with Crippen molar-refractivity contribution < 1.29 is 14.3 Å². The zero-order chi connectivity index (χ0) is 9.73. The van der Waals surface area contributed by atoms with E-state index in [2.05, 4.69) is 6.92 Å². The lowest BCUT2D eigenvalue weighted by Gasteiger charge is -2.30. The van der Waals surface area contributed by atoms with Gasteiger partial charge in [0.25, 0.3) is 0 Å². The van der Waals surface area contributed by atoms with Crippen molar-refractivity contribution in [2.45, 2.75) is 38.9 Å². The van der Waals surface area contributed by atoms with Crippen LogP contribution < -0.4 is 0 Å². The van der Waals surface area contributed by atoms with E-state index in [1.807, 2.05) is 6.92 Å². The normalized spacial score (nSPS) is 22.9. The average Bonchev–Trinajstić information content (AvgIpc) is 2.53. The van der Waals surface area contributed by atoms with Gasteiger partial charge in [-0.1, -0.05) is 13.3 Å². The van der Waals surface area contributed by atoms with E-state index in [0.29, 0.717) is 19.6 Å². The summed E-state index contributed by atoms with van der Waals surface area (Å²) in [5.41, 5.74) is 0. The van der Waals surface area contributed by atoms with Gasteiger partial charge in [-0.25, -0.2) is 0 Å². The molecular formula is C10H18O3. The van der Waals surface area contributed by atoms with Crippen molar-refractivity contribution in [2.24, 2.45) is 5.92 Å². The number of carbonyl (C=O) groups is 1. The van der Waals surface area contributed by atoms with Gasteiger partial charge in [0.05, 0.1) is 13.2 Å². The molecule has 3 nitrogen and oxygen atoms in total. The molecule has 3 heteroatoms. The summed E-state index contributed by atoms with van der Waals surface area (Å²) in [6.07, 6.45) is 3.52. The number of ether oxygens (including phenoxy) is 2. The molecule has 1 aliphatic rings. The maximum atomic E-state index is 10.5. The molecule has 1 saturated heterocycles. The SMILES string of the molecule is CCCC(CC=O)C1(C)OCCO1. The van der Waals surface area contributed by atoms with Gasteiger partial charge in [-0.2, -0.15) is 0 Å². The second kappa shape index (κ2) is 4.72. The van der Waals surface area contributed by atoms with Crippen LogP contribution in [0, 0.1) is 5.92 Å². The second-order valence-corrected chi connectivity index (χ2v) is 3.60. The van der Waals surface area contributed by atoms with Crippen molar-refractivity contribution in [3.63, 3.8) is 0 Å². The van der Waals surface area contributed by atoms with Crippen LogP contribution in [-0.2, 0) is 14.3 Å². The Kier molecular flexibility index (Phi) is 3.88. The first-order chi connectivity index (χ1) is 6.23.